The Morgan fingerprint density at radius 2 is 1.10 bits per heavy atom. The van der Waals surface area contributed by atoms with Crippen LogP contribution in [-0.4, -0.2) is 11.6 Å². The van der Waals surface area contributed by atoms with Crippen LogP contribution in [0.4, 0.5) is 0 Å². The third kappa shape index (κ3) is 2.69. The molecule has 0 spiro atoms. The van der Waals surface area contributed by atoms with Crippen LogP contribution in [0.25, 0.3) is 0 Å². The second kappa shape index (κ2) is 5.83. The number of hydrogen-bond acceptors (Lipinski definition) is 2. The highest BCUT2D eigenvalue weighted by atomic mass is 16.1. The van der Waals surface area contributed by atoms with Crippen molar-refractivity contribution < 1.29 is 9.59 Å². The number of carbonyl (C=O) groups is 2. The van der Waals surface area contributed by atoms with E-state index in [4.69, 9.17) is 0 Å². The fraction of sp³-hybridized carbons (Fsp3) is 0.222. The van der Waals surface area contributed by atoms with Gasteiger partial charge in [0.1, 0.15) is 0 Å². The molecule has 0 fully saturated rings. The molecule has 2 nitrogen and oxygen atoms in total. The summed E-state index contributed by atoms with van der Waals surface area (Å²) < 4.78 is 0. The predicted octanol–water partition coefficient (Wildman–Crippen LogP) is 4.01. The van der Waals surface area contributed by atoms with Gasteiger partial charge in [0.05, 0.1) is 5.92 Å². The van der Waals surface area contributed by atoms with E-state index in [1.807, 2.05) is 50.2 Å². The summed E-state index contributed by atoms with van der Waals surface area (Å²) in [7, 11) is 0. The minimum atomic E-state index is -0.655. The molecule has 20 heavy (non-hydrogen) atoms. The van der Waals surface area contributed by atoms with Crippen molar-refractivity contribution in [2.45, 2.75) is 20.8 Å². The molecule has 0 aliphatic heterocycles. The number of hydrogen-bond donors (Lipinski definition) is 0. The SMILES string of the molecule is Cc1ccccc1C(=O)C(C)C(=O)c1ccccc1C. The molecule has 0 saturated carbocycles. The lowest BCUT2D eigenvalue weighted by molar-refractivity contribution is 0.0820. The Balaban J connectivity index is 2.30. The number of carbonyl (C=O) groups excluding carboxylic acids is 2. The second-order valence-electron chi connectivity index (χ2n) is 5.08. The Labute approximate surface area is 119 Å². The van der Waals surface area contributed by atoms with E-state index >= 15 is 0 Å². The highest BCUT2D eigenvalue weighted by Crippen LogP contribution is 2.19. The molecule has 0 aliphatic rings. The van der Waals surface area contributed by atoms with Crippen LogP contribution in [0.15, 0.2) is 48.5 Å². The van der Waals surface area contributed by atoms with Gasteiger partial charge in [0.25, 0.3) is 0 Å². The smallest absolute Gasteiger partial charge is 0.173 e. The molecule has 2 aromatic rings. The first-order valence-electron chi connectivity index (χ1n) is 6.72. The molecule has 2 rings (SSSR count). The van der Waals surface area contributed by atoms with Crippen LogP contribution in [0.3, 0.4) is 0 Å². The minimum absolute atomic E-state index is 0.114. The summed E-state index contributed by atoms with van der Waals surface area (Å²) in [5, 5.41) is 0. The standard InChI is InChI=1S/C18H18O2/c1-12-8-4-6-10-15(12)17(19)14(3)18(20)16-11-7-5-9-13(16)2/h4-11,14H,1-3H3. The molecule has 0 heterocycles. The molecule has 0 aliphatic carbocycles. The van der Waals surface area contributed by atoms with Crippen molar-refractivity contribution in [1.82, 2.24) is 0 Å². The van der Waals surface area contributed by atoms with Crippen LogP contribution in [-0.2, 0) is 0 Å². The highest BCUT2D eigenvalue weighted by Gasteiger charge is 2.25. The normalized spacial score (nSPS) is 10.6. The maximum absolute atomic E-state index is 12.5. The van der Waals surface area contributed by atoms with Gasteiger partial charge in [-0.2, -0.15) is 0 Å². The van der Waals surface area contributed by atoms with Crippen molar-refractivity contribution in [2.24, 2.45) is 5.92 Å². The van der Waals surface area contributed by atoms with Crippen molar-refractivity contribution in [1.29, 1.82) is 0 Å². The molecule has 0 unspecified atom stereocenters. The summed E-state index contributed by atoms with van der Waals surface area (Å²) in [6.07, 6.45) is 0. The quantitative estimate of drug-likeness (QED) is 0.619. The van der Waals surface area contributed by atoms with Gasteiger partial charge in [0, 0.05) is 11.1 Å². The number of ketones is 2. The van der Waals surface area contributed by atoms with Crippen LogP contribution in [0.2, 0.25) is 0 Å². The van der Waals surface area contributed by atoms with Gasteiger partial charge in [-0.25, -0.2) is 0 Å². The van der Waals surface area contributed by atoms with E-state index < -0.39 is 5.92 Å². The van der Waals surface area contributed by atoms with Crippen LogP contribution in [0.1, 0.15) is 38.8 Å². The maximum Gasteiger partial charge on any atom is 0.173 e. The average Bonchev–Trinajstić information content (AvgIpc) is 2.46. The van der Waals surface area contributed by atoms with Gasteiger partial charge in [-0.3, -0.25) is 9.59 Å². The first-order chi connectivity index (χ1) is 9.52. The number of Topliss-reactive ketones (excluding diaryl/α,β-unsaturated/α-hetero) is 2. The van der Waals surface area contributed by atoms with Gasteiger partial charge in [-0.1, -0.05) is 48.5 Å². The van der Waals surface area contributed by atoms with E-state index in [0.29, 0.717) is 11.1 Å². The minimum Gasteiger partial charge on any atom is -0.293 e. The summed E-state index contributed by atoms with van der Waals surface area (Å²) in [5.74, 6) is -0.884. The van der Waals surface area contributed by atoms with E-state index in [1.54, 1.807) is 19.1 Å². The van der Waals surface area contributed by atoms with Crippen molar-refractivity contribution in [3.05, 3.63) is 70.8 Å². The molecule has 0 saturated heterocycles. The van der Waals surface area contributed by atoms with Gasteiger partial charge >= 0.3 is 0 Å². The Kier molecular flexibility index (Phi) is 4.14. The molecule has 2 heteroatoms. The van der Waals surface area contributed by atoms with E-state index in [-0.39, 0.29) is 11.6 Å². The first-order valence-corrected chi connectivity index (χ1v) is 6.72. The Morgan fingerprint density at radius 1 is 0.750 bits per heavy atom. The molecular weight excluding hydrogens is 248 g/mol. The molecule has 0 atom stereocenters. The molecule has 0 radical (unpaired) electrons. The third-order valence-corrected chi connectivity index (χ3v) is 3.61. The first kappa shape index (κ1) is 14.2. The largest absolute Gasteiger partial charge is 0.293 e. The fourth-order valence-corrected chi connectivity index (χ4v) is 2.28. The van der Waals surface area contributed by atoms with Gasteiger partial charge in [0.15, 0.2) is 11.6 Å². The van der Waals surface area contributed by atoms with Gasteiger partial charge < -0.3 is 0 Å². The fourth-order valence-electron chi connectivity index (χ4n) is 2.28. The summed E-state index contributed by atoms with van der Waals surface area (Å²) in [6.45, 7) is 5.46. The van der Waals surface area contributed by atoms with Gasteiger partial charge in [-0.05, 0) is 31.9 Å². The van der Waals surface area contributed by atoms with Crippen molar-refractivity contribution in [3.63, 3.8) is 0 Å². The maximum atomic E-state index is 12.5. The third-order valence-electron chi connectivity index (χ3n) is 3.61. The molecule has 102 valence electrons. The van der Waals surface area contributed by atoms with E-state index in [0.717, 1.165) is 11.1 Å². The summed E-state index contributed by atoms with van der Waals surface area (Å²) in [6, 6.07) is 14.8. The van der Waals surface area contributed by atoms with Gasteiger partial charge in [0.2, 0.25) is 0 Å². The van der Waals surface area contributed by atoms with E-state index in [2.05, 4.69) is 0 Å². The summed E-state index contributed by atoms with van der Waals surface area (Å²) in [4.78, 5) is 24.9. The van der Waals surface area contributed by atoms with Crippen LogP contribution in [0.5, 0.6) is 0 Å². The molecular formula is C18H18O2. The monoisotopic (exact) mass is 266 g/mol. The number of rotatable bonds is 4. The average molecular weight is 266 g/mol. The summed E-state index contributed by atoms with van der Waals surface area (Å²) in [5.41, 5.74) is 3.06. The summed E-state index contributed by atoms with van der Waals surface area (Å²) >= 11 is 0. The lowest BCUT2D eigenvalue weighted by atomic mass is 9.88. The number of aryl methyl sites for hydroxylation is 2. The van der Waals surface area contributed by atoms with E-state index in [9.17, 15) is 9.59 Å². The zero-order chi connectivity index (χ0) is 14.7. The Morgan fingerprint density at radius 3 is 1.45 bits per heavy atom. The van der Waals surface area contributed by atoms with Gasteiger partial charge in [-0.15, -0.1) is 0 Å². The molecule has 0 bridgehead atoms. The molecule has 0 aromatic heterocycles. The van der Waals surface area contributed by atoms with Crippen LogP contribution < -0.4 is 0 Å². The molecule has 0 N–H and O–H groups in total. The van der Waals surface area contributed by atoms with Crippen LogP contribution >= 0.6 is 0 Å². The lowest BCUT2D eigenvalue weighted by Gasteiger charge is -2.13. The Bertz CT molecular complexity index is 598. The van der Waals surface area contributed by atoms with Crippen molar-refractivity contribution >= 4 is 11.6 Å². The predicted molar refractivity (Wildman–Crippen MR) is 80.2 cm³/mol. The molecule has 0 amide bonds. The lowest BCUT2D eigenvalue weighted by Crippen LogP contribution is -2.22. The van der Waals surface area contributed by atoms with Crippen molar-refractivity contribution in [3.8, 4) is 0 Å². The van der Waals surface area contributed by atoms with Crippen molar-refractivity contribution in [2.75, 3.05) is 0 Å². The van der Waals surface area contributed by atoms with E-state index in [1.165, 1.54) is 0 Å². The highest BCUT2D eigenvalue weighted by molar-refractivity contribution is 6.16. The Hall–Kier alpha value is -2.22. The topological polar surface area (TPSA) is 34.1 Å². The van der Waals surface area contributed by atoms with Crippen LogP contribution in [0, 0.1) is 19.8 Å². The molecule has 2 aromatic carbocycles. The zero-order valence-electron chi connectivity index (χ0n) is 12.0. The second-order valence-corrected chi connectivity index (χ2v) is 5.08. The zero-order valence-corrected chi connectivity index (χ0v) is 12.0. The number of benzene rings is 2.